The second kappa shape index (κ2) is 7.61. The van der Waals surface area contributed by atoms with Crippen LogP contribution in [0, 0.1) is 11.8 Å². The number of benzene rings is 1. The lowest BCUT2D eigenvalue weighted by atomic mass is 9.99. The Bertz CT molecular complexity index is 470. The van der Waals surface area contributed by atoms with Crippen LogP contribution in [0.2, 0.25) is 0 Å². The van der Waals surface area contributed by atoms with Gasteiger partial charge in [0.05, 0.1) is 5.92 Å². The Hall–Kier alpha value is -1.12. The molecule has 1 N–H and O–H groups in total. The predicted octanol–water partition coefficient (Wildman–Crippen LogP) is 3.86. The summed E-state index contributed by atoms with van der Waals surface area (Å²) in [5, 5.41) is 9.27. The number of rotatable bonds is 8. The number of carbonyl (C=O) groups is 1. The number of hydrogen-bond donors (Lipinski definition) is 1. The van der Waals surface area contributed by atoms with Gasteiger partial charge < -0.3 is 9.63 Å². The number of hydrogen-bond acceptors (Lipinski definition) is 3. The van der Waals surface area contributed by atoms with Crippen LogP contribution in [0.5, 0.6) is 0 Å². The van der Waals surface area contributed by atoms with Crippen molar-refractivity contribution in [2.75, 3.05) is 13.3 Å². The standard InChI is InChI=1S/C15H23O4P/c1-12(2)9-14(15(16)17)11-20(18,19-3)10-13-7-5-4-6-8-13/h4-8,12,14H,9-11H2,1-3H3,(H,16,17)/t14-,20?/m1/s1. The largest absolute Gasteiger partial charge is 0.481 e. The molecular formula is C15H23O4P. The summed E-state index contributed by atoms with van der Waals surface area (Å²) < 4.78 is 18.0. The Morgan fingerprint density at radius 3 is 2.35 bits per heavy atom. The van der Waals surface area contributed by atoms with Crippen molar-refractivity contribution in [3.05, 3.63) is 35.9 Å². The van der Waals surface area contributed by atoms with Crippen LogP contribution < -0.4 is 0 Å². The maximum Gasteiger partial charge on any atom is 0.307 e. The molecule has 0 spiro atoms. The lowest BCUT2D eigenvalue weighted by molar-refractivity contribution is -0.141. The topological polar surface area (TPSA) is 63.6 Å². The van der Waals surface area contributed by atoms with E-state index in [-0.39, 0.29) is 18.2 Å². The summed E-state index contributed by atoms with van der Waals surface area (Å²) in [6.07, 6.45) is 0.885. The minimum Gasteiger partial charge on any atom is -0.481 e. The molecule has 1 aromatic rings. The first kappa shape index (κ1) is 16.9. The van der Waals surface area contributed by atoms with Crippen LogP contribution in [-0.4, -0.2) is 24.3 Å². The Morgan fingerprint density at radius 2 is 1.90 bits per heavy atom. The van der Waals surface area contributed by atoms with E-state index >= 15 is 0 Å². The zero-order valence-electron chi connectivity index (χ0n) is 12.3. The van der Waals surface area contributed by atoms with Crippen molar-refractivity contribution in [3.8, 4) is 0 Å². The molecule has 0 bridgehead atoms. The van der Waals surface area contributed by atoms with E-state index < -0.39 is 19.3 Å². The van der Waals surface area contributed by atoms with Gasteiger partial charge in [0.15, 0.2) is 0 Å². The summed E-state index contributed by atoms with van der Waals surface area (Å²) >= 11 is 0. The van der Waals surface area contributed by atoms with Gasteiger partial charge in [0, 0.05) is 19.4 Å². The molecule has 0 fully saturated rings. The molecule has 5 heteroatoms. The molecule has 1 rings (SSSR count). The minimum atomic E-state index is -2.97. The number of carboxylic acid groups (broad SMARTS) is 1. The van der Waals surface area contributed by atoms with E-state index in [1.807, 2.05) is 44.2 Å². The van der Waals surface area contributed by atoms with Gasteiger partial charge in [-0.05, 0) is 17.9 Å². The van der Waals surface area contributed by atoms with Gasteiger partial charge in [-0.15, -0.1) is 0 Å². The Morgan fingerprint density at radius 1 is 1.30 bits per heavy atom. The highest BCUT2D eigenvalue weighted by Crippen LogP contribution is 2.51. The maximum absolute atomic E-state index is 12.8. The molecule has 0 aliphatic rings. The van der Waals surface area contributed by atoms with E-state index in [4.69, 9.17) is 4.52 Å². The second-order valence-corrected chi connectivity index (χ2v) is 8.16. The van der Waals surface area contributed by atoms with E-state index in [9.17, 15) is 14.5 Å². The van der Waals surface area contributed by atoms with Crippen LogP contribution in [0.25, 0.3) is 0 Å². The van der Waals surface area contributed by atoms with E-state index in [1.54, 1.807) is 0 Å². The monoisotopic (exact) mass is 298 g/mol. The molecule has 0 amide bonds. The van der Waals surface area contributed by atoms with Crippen molar-refractivity contribution < 1.29 is 19.0 Å². The lowest BCUT2D eigenvalue weighted by Gasteiger charge is -2.21. The zero-order chi connectivity index (χ0) is 15.2. The predicted molar refractivity (Wildman–Crippen MR) is 80.2 cm³/mol. The summed E-state index contributed by atoms with van der Waals surface area (Å²) in [5.74, 6) is -1.27. The summed E-state index contributed by atoms with van der Waals surface area (Å²) in [4.78, 5) is 11.3. The van der Waals surface area contributed by atoms with Crippen molar-refractivity contribution >= 4 is 13.3 Å². The van der Waals surface area contributed by atoms with Gasteiger partial charge >= 0.3 is 5.97 Å². The molecule has 2 atom stereocenters. The van der Waals surface area contributed by atoms with Crippen molar-refractivity contribution in [3.63, 3.8) is 0 Å². The normalized spacial score (nSPS) is 15.8. The molecule has 0 heterocycles. The Kier molecular flexibility index (Phi) is 6.44. The third-order valence-electron chi connectivity index (χ3n) is 3.20. The molecule has 112 valence electrons. The summed E-state index contributed by atoms with van der Waals surface area (Å²) in [5.41, 5.74) is 0.909. The molecule has 0 saturated carbocycles. The summed E-state index contributed by atoms with van der Waals surface area (Å²) in [6, 6.07) is 9.39. The first-order valence-electron chi connectivity index (χ1n) is 6.77. The third-order valence-corrected chi connectivity index (χ3v) is 5.71. The molecular weight excluding hydrogens is 275 g/mol. The van der Waals surface area contributed by atoms with Gasteiger partial charge in [-0.3, -0.25) is 9.36 Å². The summed E-state index contributed by atoms with van der Waals surface area (Å²) in [7, 11) is -1.57. The van der Waals surface area contributed by atoms with Crippen molar-refractivity contribution in [1.82, 2.24) is 0 Å². The Labute approximate surface area is 120 Å². The quantitative estimate of drug-likeness (QED) is 0.740. The fourth-order valence-electron chi connectivity index (χ4n) is 2.22. The van der Waals surface area contributed by atoms with Crippen LogP contribution in [0.3, 0.4) is 0 Å². The molecule has 0 aliphatic carbocycles. The highest BCUT2D eigenvalue weighted by Gasteiger charge is 2.31. The van der Waals surface area contributed by atoms with Gasteiger partial charge in [0.25, 0.3) is 0 Å². The van der Waals surface area contributed by atoms with Gasteiger partial charge in [-0.1, -0.05) is 44.2 Å². The van der Waals surface area contributed by atoms with Gasteiger partial charge in [-0.25, -0.2) is 0 Å². The fourth-order valence-corrected chi connectivity index (χ4v) is 4.37. The molecule has 0 aromatic heterocycles. The molecule has 0 saturated heterocycles. The van der Waals surface area contributed by atoms with Gasteiger partial charge in [-0.2, -0.15) is 0 Å². The fraction of sp³-hybridized carbons (Fsp3) is 0.533. The SMILES string of the molecule is COP(=O)(Cc1ccccc1)C[C@@H](CC(C)C)C(=O)O. The molecule has 1 unspecified atom stereocenters. The molecule has 20 heavy (non-hydrogen) atoms. The second-order valence-electron chi connectivity index (χ2n) is 5.49. The van der Waals surface area contributed by atoms with Crippen LogP contribution >= 0.6 is 7.37 Å². The molecule has 4 nitrogen and oxygen atoms in total. The molecule has 0 aliphatic heterocycles. The average molecular weight is 298 g/mol. The maximum atomic E-state index is 12.8. The van der Waals surface area contributed by atoms with E-state index in [2.05, 4.69) is 0 Å². The third kappa shape index (κ3) is 5.48. The van der Waals surface area contributed by atoms with Crippen molar-refractivity contribution in [2.24, 2.45) is 11.8 Å². The summed E-state index contributed by atoms with van der Waals surface area (Å²) in [6.45, 7) is 3.93. The van der Waals surface area contributed by atoms with Crippen LogP contribution in [-0.2, 0) is 20.0 Å². The smallest absolute Gasteiger partial charge is 0.307 e. The van der Waals surface area contributed by atoms with Crippen molar-refractivity contribution in [1.29, 1.82) is 0 Å². The first-order valence-corrected chi connectivity index (χ1v) is 8.76. The molecule has 0 radical (unpaired) electrons. The lowest BCUT2D eigenvalue weighted by Crippen LogP contribution is -2.21. The van der Waals surface area contributed by atoms with Gasteiger partial charge in [0.1, 0.15) is 0 Å². The van der Waals surface area contributed by atoms with Crippen LogP contribution in [0.4, 0.5) is 0 Å². The Balaban J connectivity index is 2.82. The number of carboxylic acids is 1. The van der Waals surface area contributed by atoms with E-state index in [0.29, 0.717) is 6.42 Å². The highest BCUT2D eigenvalue weighted by molar-refractivity contribution is 7.58. The number of aliphatic carboxylic acids is 1. The van der Waals surface area contributed by atoms with E-state index in [0.717, 1.165) is 5.56 Å². The van der Waals surface area contributed by atoms with Gasteiger partial charge in [0.2, 0.25) is 7.37 Å². The highest BCUT2D eigenvalue weighted by atomic mass is 31.2. The zero-order valence-corrected chi connectivity index (χ0v) is 13.2. The molecule has 1 aromatic carbocycles. The van der Waals surface area contributed by atoms with Crippen LogP contribution in [0.15, 0.2) is 30.3 Å². The first-order chi connectivity index (χ1) is 9.36. The van der Waals surface area contributed by atoms with E-state index in [1.165, 1.54) is 7.11 Å². The van der Waals surface area contributed by atoms with Crippen LogP contribution in [0.1, 0.15) is 25.8 Å². The van der Waals surface area contributed by atoms with Crippen molar-refractivity contribution in [2.45, 2.75) is 26.4 Å². The average Bonchev–Trinajstić information content (AvgIpc) is 2.38. The minimum absolute atomic E-state index is 0.0892.